The molecule has 0 bridgehead atoms. The van der Waals surface area contributed by atoms with E-state index in [1.165, 1.54) is 11.1 Å². The van der Waals surface area contributed by atoms with Crippen molar-refractivity contribution in [3.8, 4) is 22.4 Å². The number of carbonyl (C=O) groups is 1. The van der Waals surface area contributed by atoms with Crippen LogP contribution in [0.15, 0.2) is 60.7 Å². The van der Waals surface area contributed by atoms with Crippen LogP contribution in [0.1, 0.15) is 32.6 Å². The molecule has 0 aliphatic heterocycles. The van der Waals surface area contributed by atoms with Gasteiger partial charge in [-0.3, -0.25) is 4.79 Å². The van der Waals surface area contributed by atoms with Crippen LogP contribution in [0.25, 0.3) is 33.3 Å². The van der Waals surface area contributed by atoms with E-state index in [1.807, 2.05) is 30.3 Å². The Morgan fingerprint density at radius 2 is 1.48 bits per heavy atom. The minimum atomic E-state index is 0.0797. The lowest BCUT2D eigenvalue weighted by Gasteiger charge is -2.13. The van der Waals surface area contributed by atoms with Gasteiger partial charge in [-0.05, 0) is 50.1 Å². The molecule has 1 aliphatic carbocycles. The van der Waals surface area contributed by atoms with E-state index in [9.17, 15) is 4.79 Å². The maximum Gasteiger partial charge on any atom is 0.196 e. The zero-order chi connectivity index (χ0) is 18.7. The molecule has 1 aliphatic rings. The molecule has 0 N–H and O–H groups in total. The van der Waals surface area contributed by atoms with Gasteiger partial charge < -0.3 is 0 Å². The van der Waals surface area contributed by atoms with Crippen molar-refractivity contribution in [3.63, 3.8) is 0 Å². The highest BCUT2D eigenvalue weighted by Gasteiger charge is 2.33. The molecule has 5 rings (SSSR count). The Balaban J connectivity index is 1.97. The van der Waals surface area contributed by atoms with Crippen molar-refractivity contribution in [3.05, 3.63) is 88.5 Å². The zero-order valence-electron chi connectivity index (χ0n) is 15.6. The quantitative estimate of drug-likeness (QED) is 0.369. The molecule has 2 heteroatoms. The van der Waals surface area contributed by atoms with Crippen molar-refractivity contribution in [2.45, 2.75) is 20.8 Å². The Kier molecular flexibility index (Phi) is 3.32. The number of benzene rings is 3. The lowest BCUT2D eigenvalue weighted by molar-refractivity contribution is 0.104. The number of ketones is 1. The first-order valence-corrected chi connectivity index (χ1v) is 9.20. The molecular weight excluding hydrogens is 330 g/mol. The fraction of sp³-hybridized carbons (Fsp3) is 0.120. The molecule has 0 saturated carbocycles. The van der Waals surface area contributed by atoms with Gasteiger partial charge in [0.05, 0.1) is 16.8 Å². The van der Waals surface area contributed by atoms with Gasteiger partial charge >= 0.3 is 0 Å². The first kappa shape index (κ1) is 16.0. The second-order valence-electron chi connectivity index (χ2n) is 7.43. The van der Waals surface area contributed by atoms with E-state index in [4.69, 9.17) is 4.98 Å². The molecule has 1 heterocycles. The van der Waals surface area contributed by atoms with Crippen LogP contribution >= 0.6 is 0 Å². The fourth-order valence-electron chi connectivity index (χ4n) is 4.34. The van der Waals surface area contributed by atoms with E-state index in [-0.39, 0.29) is 5.78 Å². The Morgan fingerprint density at radius 1 is 0.741 bits per heavy atom. The second kappa shape index (κ2) is 5.62. The minimum absolute atomic E-state index is 0.0797. The molecule has 0 saturated heterocycles. The summed E-state index contributed by atoms with van der Waals surface area (Å²) in [6, 6.07) is 20.5. The van der Waals surface area contributed by atoms with Crippen LogP contribution < -0.4 is 0 Å². The molecule has 130 valence electrons. The maximum atomic E-state index is 13.4. The van der Waals surface area contributed by atoms with Gasteiger partial charge in [-0.25, -0.2) is 4.98 Å². The first-order chi connectivity index (χ1) is 13.0. The molecule has 0 fully saturated rings. The van der Waals surface area contributed by atoms with Crippen molar-refractivity contribution >= 4 is 16.7 Å². The highest BCUT2D eigenvalue weighted by atomic mass is 16.1. The number of aryl methyl sites for hydroxylation is 3. The van der Waals surface area contributed by atoms with E-state index in [0.717, 1.165) is 50.0 Å². The fourth-order valence-corrected chi connectivity index (χ4v) is 4.34. The third kappa shape index (κ3) is 2.26. The molecule has 2 nitrogen and oxygen atoms in total. The Hall–Kier alpha value is -3.26. The summed E-state index contributed by atoms with van der Waals surface area (Å²) in [4.78, 5) is 18.3. The van der Waals surface area contributed by atoms with E-state index < -0.39 is 0 Å². The third-order valence-electron chi connectivity index (χ3n) is 5.38. The molecule has 4 aromatic rings. The molecule has 0 atom stereocenters. The standard InChI is InChI=1S/C25H19NO/c1-14-11-15(2)13-17(12-14)24-23-22(18-8-4-5-10-20(18)26-24)21-16(3)7-6-9-19(21)25(23)27/h4-13H,1-3H3. The predicted octanol–water partition coefficient (Wildman–Crippen LogP) is 6.04. The average molecular weight is 349 g/mol. The normalized spacial score (nSPS) is 12.3. The molecule has 0 amide bonds. The van der Waals surface area contributed by atoms with Crippen LogP contribution in [0.3, 0.4) is 0 Å². The molecule has 0 spiro atoms. The monoisotopic (exact) mass is 349 g/mol. The largest absolute Gasteiger partial charge is 0.288 e. The summed E-state index contributed by atoms with van der Waals surface area (Å²) in [5.74, 6) is 0.0797. The summed E-state index contributed by atoms with van der Waals surface area (Å²) < 4.78 is 0. The number of pyridine rings is 1. The number of nitrogens with zero attached hydrogens (tertiary/aromatic N) is 1. The highest BCUT2D eigenvalue weighted by molar-refractivity contribution is 6.28. The second-order valence-corrected chi connectivity index (χ2v) is 7.43. The number of rotatable bonds is 1. The van der Waals surface area contributed by atoms with Crippen LogP contribution in [0, 0.1) is 20.8 Å². The molecule has 0 unspecified atom stereocenters. The number of fused-ring (bicyclic) bond motifs is 5. The summed E-state index contributed by atoms with van der Waals surface area (Å²) in [5.41, 5.74) is 9.81. The van der Waals surface area contributed by atoms with E-state index in [2.05, 4.69) is 51.1 Å². The van der Waals surface area contributed by atoms with Crippen molar-refractivity contribution in [1.29, 1.82) is 0 Å². The minimum Gasteiger partial charge on any atom is -0.288 e. The molecular formula is C25H19NO. The van der Waals surface area contributed by atoms with Gasteiger partial charge in [-0.15, -0.1) is 0 Å². The van der Waals surface area contributed by atoms with E-state index in [1.54, 1.807) is 0 Å². The lowest BCUT2D eigenvalue weighted by atomic mass is 9.94. The summed E-state index contributed by atoms with van der Waals surface area (Å²) in [6.45, 7) is 6.24. The average Bonchev–Trinajstić information content (AvgIpc) is 2.95. The van der Waals surface area contributed by atoms with Crippen molar-refractivity contribution < 1.29 is 4.79 Å². The summed E-state index contributed by atoms with van der Waals surface area (Å²) in [6.07, 6.45) is 0. The van der Waals surface area contributed by atoms with Crippen LogP contribution in [0.2, 0.25) is 0 Å². The molecule has 27 heavy (non-hydrogen) atoms. The van der Waals surface area contributed by atoms with Crippen molar-refractivity contribution in [1.82, 2.24) is 4.98 Å². The highest BCUT2D eigenvalue weighted by Crippen LogP contribution is 2.46. The van der Waals surface area contributed by atoms with Crippen LogP contribution in [0.5, 0.6) is 0 Å². The first-order valence-electron chi connectivity index (χ1n) is 9.20. The number of para-hydroxylation sites is 1. The van der Waals surface area contributed by atoms with Crippen molar-refractivity contribution in [2.75, 3.05) is 0 Å². The molecule has 0 radical (unpaired) electrons. The van der Waals surface area contributed by atoms with Crippen LogP contribution in [0.4, 0.5) is 0 Å². The third-order valence-corrected chi connectivity index (χ3v) is 5.38. The van der Waals surface area contributed by atoms with E-state index >= 15 is 0 Å². The summed E-state index contributed by atoms with van der Waals surface area (Å²) >= 11 is 0. The Labute approximate surface area is 158 Å². The summed E-state index contributed by atoms with van der Waals surface area (Å²) in [7, 11) is 0. The van der Waals surface area contributed by atoms with Gasteiger partial charge in [-0.1, -0.05) is 53.6 Å². The number of hydrogen-bond donors (Lipinski definition) is 0. The van der Waals surface area contributed by atoms with Crippen LogP contribution in [-0.4, -0.2) is 10.8 Å². The van der Waals surface area contributed by atoms with Gasteiger partial charge in [0, 0.05) is 22.1 Å². The predicted molar refractivity (Wildman–Crippen MR) is 110 cm³/mol. The Bertz CT molecular complexity index is 1250. The van der Waals surface area contributed by atoms with E-state index in [0.29, 0.717) is 0 Å². The number of carbonyl (C=O) groups excluding carboxylic acids is 1. The number of hydrogen-bond acceptors (Lipinski definition) is 2. The van der Waals surface area contributed by atoms with Gasteiger partial charge in [0.1, 0.15) is 0 Å². The lowest BCUT2D eigenvalue weighted by Crippen LogP contribution is -2.01. The van der Waals surface area contributed by atoms with Crippen molar-refractivity contribution in [2.24, 2.45) is 0 Å². The SMILES string of the molecule is Cc1cc(C)cc(-c2nc3ccccc3c3c2C(=O)c2cccc(C)c2-3)c1. The smallest absolute Gasteiger partial charge is 0.196 e. The van der Waals surface area contributed by atoms with Gasteiger partial charge in [0.2, 0.25) is 0 Å². The number of aromatic nitrogens is 1. The van der Waals surface area contributed by atoms with Crippen LogP contribution in [-0.2, 0) is 0 Å². The zero-order valence-corrected chi connectivity index (χ0v) is 15.6. The summed E-state index contributed by atoms with van der Waals surface area (Å²) in [5, 5.41) is 1.04. The van der Waals surface area contributed by atoms with Gasteiger partial charge in [-0.2, -0.15) is 0 Å². The molecule has 1 aromatic heterocycles. The van der Waals surface area contributed by atoms with Gasteiger partial charge in [0.15, 0.2) is 5.78 Å². The molecule has 3 aromatic carbocycles. The topological polar surface area (TPSA) is 30.0 Å². The Morgan fingerprint density at radius 3 is 2.26 bits per heavy atom. The van der Waals surface area contributed by atoms with Gasteiger partial charge in [0.25, 0.3) is 0 Å². The maximum absolute atomic E-state index is 13.4.